The highest BCUT2D eigenvalue weighted by Crippen LogP contribution is 2.21. The van der Waals surface area contributed by atoms with E-state index in [1.165, 1.54) is 13.4 Å². The van der Waals surface area contributed by atoms with E-state index in [1.807, 2.05) is 25.4 Å². The standard InChI is InChI=1S/C15H18N2O3/c1-11(12-5-4-7-16-9-12)17(2)10-13-6-8-20-14(13)15(18)19-3/h4-9,11H,10H2,1-3H3. The number of hydrogen-bond donors (Lipinski definition) is 0. The van der Waals surface area contributed by atoms with Crippen LogP contribution in [0.5, 0.6) is 0 Å². The molecule has 1 unspecified atom stereocenters. The topological polar surface area (TPSA) is 55.6 Å². The summed E-state index contributed by atoms with van der Waals surface area (Å²) in [6.45, 7) is 2.69. The van der Waals surface area contributed by atoms with Gasteiger partial charge in [0.15, 0.2) is 0 Å². The van der Waals surface area contributed by atoms with Crippen molar-refractivity contribution in [3.8, 4) is 0 Å². The molecule has 0 N–H and O–H groups in total. The molecule has 0 fully saturated rings. The van der Waals surface area contributed by atoms with Crippen LogP contribution in [0.2, 0.25) is 0 Å². The lowest BCUT2D eigenvalue weighted by atomic mass is 10.1. The molecule has 0 aromatic carbocycles. The van der Waals surface area contributed by atoms with E-state index in [4.69, 9.17) is 9.15 Å². The molecule has 0 aliphatic carbocycles. The van der Waals surface area contributed by atoms with Crippen molar-refractivity contribution >= 4 is 5.97 Å². The normalized spacial score (nSPS) is 12.4. The number of nitrogens with zero attached hydrogens (tertiary/aromatic N) is 2. The molecule has 0 saturated carbocycles. The Labute approximate surface area is 118 Å². The first-order valence-electron chi connectivity index (χ1n) is 6.38. The molecule has 1 atom stereocenters. The van der Waals surface area contributed by atoms with Gasteiger partial charge in [0.25, 0.3) is 0 Å². The monoisotopic (exact) mass is 274 g/mol. The van der Waals surface area contributed by atoms with E-state index in [9.17, 15) is 4.79 Å². The van der Waals surface area contributed by atoms with Gasteiger partial charge in [-0.05, 0) is 31.7 Å². The van der Waals surface area contributed by atoms with E-state index in [-0.39, 0.29) is 11.8 Å². The number of aromatic nitrogens is 1. The predicted molar refractivity (Wildman–Crippen MR) is 74.2 cm³/mol. The molecule has 106 valence electrons. The molecule has 0 bridgehead atoms. The van der Waals surface area contributed by atoms with Crippen molar-refractivity contribution in [2.45, 2.75) is 19.5 Å². The van der Waals surface area contributed by atoms with E-state index in [2.05, 4.69) is 16.8 Å². The third kappa shape index (κ3) is 3.05. The Hall–Kier alpha value is -2.14. The maximum absolute atomic E-state index is 11.6. The number of carbonyl (C=O) groups excluding carboxylic acids is 1. The van der Waals surface area contributed by atoms with Gasteiger partial charge in [-0.1, -0.05) is 6.07 Å². The van der Waals surface area contributed by atoms with Crippen molar-refractivity contribution < 1.29 is 13.9 Å². The van der Waals surface area contributed by atoms with Crippen LogP contribution in [-0.4, -0.2) is 30.0 Å². The van der Waals surface area contributed by atoms with Crippen LogP contribution in [0.3, 0.4) is 0 Å². The maximum Gasteiger partial charge on any atom is 0.374 e. The second-order valence-electron chi connectivity index (χ2n) is 4.64. The Bertz CT molecular complexity index is 566. The average molecular weight is 274 g/mol. The van der Waals surface area contributed by atoms with Gasteiger partial charge in [0.05, 0.1) is 13.4 Å². The average Bonchev–Trinajstić information content (AvgIpc) is 2.94. The summed E-state index contributed by atoms with van der Waals surface area (Å²) in [5.74, 6) is -0.190. The van der Waals surface area contributed by atoms with Crippen LogP contribution in [0.25, 0.3) is 0 Å². The summed E-state index contributed by atoms with van der Waals surface area (Å²) < 4.78 is 9.89. The summed E-state index contributed by atoms with van der Waals surface area (Å²) in [7, 11) is 3.34. The maximum atomic E-state index is 11.6. The third-order valence-electron chi connectivity index (χ3n) is 3.37. The van der Waals surface area contributed by atoms with Gasteiger partial charge in [0, 0.05) is 30.5 Å². The van der Waals surface area contributed by atoms with Gasteiger partial charge < -0.3 is 9.15 Å². The quantitative estimate of drug-likeness (QED) is 0.784. The van der Waals surface area contributed by atoms with E-state index in [0.29, 0.717) is 6.54 Å². The molecular weight excluding hydrogens is 256 g/mol. The molecule has 0 saturated heterocycles. The number of rotatable bonds is 5. The number of methoxy groups -OCH3 is 1. The Morgan fingerprint density at radius 3 is 2.95 bits per heavy atom. The molecule has 2 rings (SSSR count). The molecule has 2 aromatic rings. The fourth-order valence-corrected chi connectivity index (χ4v) is 2.02. The zero-order valence-corrected chi connectivity index (χ0v) is 11.9. The fourth-order valence-electron chi connectivity index (χ4n) is 2.02. The molecule has 0 aliphatic heterocycles. The number of hydrogen-bond acceptors (Lipinski definition) is 5. The first-order valence-corrected chi connectivity index (χ1v) is 6.38. The minimum atomic E-state index is -0.451. The summed E-state index contributed by atoms with van der Waals surface area (Å²) in [4.78, 5) is 17.8. The second-order valence-corrected chi connectivity index (χ2v) is 4.64. The minimum absolute atomic E-state index is 0.184. The van der Waals surface area contributed by atoms with Gasteiger partial charge in [-0.15, -0.1) is 0 Å². The van der Waals surface area contributed by atoms with Gasteiger partial charge in [0.1, 0.15) is 0 Å². The fraction of sp³-hybridized carbons (Fsp3) is 0.333. The van der Waals surface area contributed by atoms with E-state index in [0.717, 1.165) is 11.1 Å². The van der Waals surface area contributed by atoms with Gasteiger partial charge >= 0.3 is 5.97 Å². The Morgan fingerprint density at radius 1 is 1.50 bits per heavy atom. The lowest BCUT2D eigenvalue weighted by Gasteiger charge is -2.24. The number of carbonyl (C=O) groups is 1. The zero-order valence-electron chi connectivity index (χ0n) is 11.9. The predicted octanol–water partition coefficient (Wildman–Crippen LogP) is 2.65. The number of ether oxygens (including phenoxy) is 1. The van der Waals surface area contributed by atoms with Crippen LogP contribution in [0.4, 0.5) is 0 Å². The molecule has 0 aliphatic rings. The van der Waals surface area contributed by atoms with E-state index >= 15 is 0 Å². The van der Waals surface area contributed by atoms with Crippen molar-refractivity contribution in [1.82, 2.24) is 9.88 Å². The van der Waals surface area contributed by atoms with Crippen LogP contribution in [0.15, 0.2) is 41.3 Å². The molecule has 5 heteroatoms. The van der Waals surface area contributed by atoms with Crippen molar-refractivity contribution in [1.29, 1.82) is 0 Å². The van der Waals surface area contributed by atoms with Gasteiger partial charge in [-0.25, -0.2) is 4.79 Å². The Balaban J connectivity index is 2.10. The summed E-state index contributed by atoms with van der Waals surface area (Å²) in [6, 6.07) is 5.92. The highest BCUT2D eigenvalue weighted by Gasteiger charge is 2.19. The summed E-state index contributed by atoms with van der Waals surface area (Å²) in [6.07, 6.45) is 5.10. The number of furan rings is 1. The second kappa shape index (κ2) is 6.34. The third-order valence-corrected chi connectivity index (χ3v) is 3.37. The summed E-state index contributed by atoms with van der Waals surface area (Å²) in [5, 5.41) is 0. The SMILES string of the molecule is COC(=O)c1occc1CN(C)C(C)c1cccnc1. The minimum Gasteiger partial charge on any atom is -0.463 e. The molecule has 0 amide bonds. The molecule has 2 aromatic heterocycles. The lowest BCUT2D eigenvalue weighted by Crippen LogP contribution is -2.22. The molecule has 20 heavy (non-hydrogen) atoms. The smallest absolute Gasteiger partial charge is 0.374 e. The van der Waals surface area contributed by atoms with Crippen LogP contribution < -0.4 is 0 Å². The Morgan fingerprint density at radius 2 is 2.30 bits per heavy atom. The zero-order chi connectivity index (χ0) is 14.5. The molecule has 0 radical (unpaired) electrons. The highest BCUT2D eigenvalue weighted by molar-refractivity contribution is 5.87. The highest BCUT2D eigenvalue weighted by atomic mass is 16.5. The first-order chi connectivity index (χ1) is 9.63. The summed E-state index contributed by atoms with van der Waals surface area (Å²) in [5.41, 5.74) is 1.94. The molecule has 0 spiro atoms. The van der Waals surface area contributed by atoms with Gasteiger partial charge in [-0.2, -0.15) is 0 Å². The van der Waals surface area contributed by atoms with Crippen LogP contribution >= 0.6 is 0 Å². The Kier molecular flexibility index (Phi) is 4.53. The van der Waals surface area contributed by atoms with E-state index in [1.54, 1.807) is 12.3 Å². The van der Waals surface area contributed by atoms with Crippen molar-refractivity contribution in [3.63, 3.8) is 0 Å². The van der Waals surface area contributed by atoms with E-state index < -0.39 is 5.97 Å². The van der Waals surface area contributed by atoms with Crippen molar-refractivity contribution in [2.75, 3.05) is 14.2 Å². The largest absolute Gasteiger partial charge is 0.463 e. The van der Waals surface area contributed by atoms with Crippen molar-refractivity contribution in [2.24, 2.45) is 0 Å². The molecule has 2 heterocycles. The lowest BCUT2D eigenvalue weighted by molar-refractivity contribution is 0.0561. The first kappa shape index (κ1) is 14.3. The van der Waals surface area contributed by atoms with Gasteiger partial charge in [0.2, 0.25) is 5.76 Å². The number of pyridine rings is 1. The van der Waals surface area contributed by atoms with Gasteiger partial charge in [-0.3, -0.25) is 9.88 Å². The van der Waals surface area contributed by atoms with Crippen LogP contribution in [0.1, 0.15) is 34.6 Å². The summed E-state index contributed by atoms with van der Waals surface area (Å²) >= 11 is 0. The van der Waals surface area contributed by atoms with Crippen molar-refractivity contribution in [3.05, 3.63) is 53.7 Å². The van der Waals surface area contributed by atoms with Crippen LogP contribution in [-0.2, 0) is 11.3 Å². The molecule has 5 nitrogen and oxygen atoms in total. The molecular formula is C15H18N2O3. The van der Waals surface area contributed by atoms with Crippen LogP contribution in [0, 0.1) is 0 Å². The number of esters is 1.